The highest BCUT2D eigenvalue weighted by Gasteiger charge is 2.18. The molecule has 0 saturated carbocycles. The van der Waals surface area contributed by atoms with E-state index in [-0.39, 0.29) is 17.9 Å². The van der Waals surface area contributed by atoms with E-state index in [1.807, 2.05) is 6.08 Å². The first kappa shape index (κ1) is 9.71. The Morgan fingerprint density at radius 2 is 2.00 bits per heavy atom. The minimum absolute atomic E-state index is 0.160. The Morgan fingerprint density at radius 1 is 1.33 bits per heavy atom. The summed E-state index contributed by atoms with van der Waals surface area (Å²) in [5.74, 6) is -0.276. The molecule has 15 heavy (non-hydrogen) atoms. The molecule has 0 radical (unpaired) electrons. The van der Waals surface area contributed by atoms with Crippen LogP contribution in [0.25, 0.3) is 0 Å². The van der Waals surface area contributed by atoms with E-state index < -0.39 is 0 Å². The van der Waals surface area contributed by atoms with Crippen molar-refractivity contribution in [1.82, 2.24) is 10.2 Å². The van der Waals surface area contributed by atoms with Crippen LogP contribution in [0.2, 0.25) is 0 Å². The summed E-state index contributed by atoms with van der Waals surface area (Å²) in [4.78, 5) is 12.8. The zero-order valence-corrected chi connectivity index (χ0v) is 8.27. The molecular formula is C11H11FN2O. The Balaban J connectivity index is 2.22. The van der Waals surface area contributed by atoms with Gasteiger partial charge in [0.15, 0.2) is 0 Å². The second kappa shape index (κ2) is 3.73. The number of halogens is 1. The monoisotopic (exact) mass is 206 g/mol. The molecule has 1 aromatic carbocycles. The van der Waals surface area contributed by atoms with Crippen LogP contribution < -0.4 is 5.32 Å². The van der Waals surface area contributed by atoms with Crippen molar-refractivity contribution in [2.45, 2.75) is 6.04 Å². The fourth-order valence-corrected chi connectivity index (χ4v) is 1.43. The van der Waals surface area contributed by atoms with Gasteiger partial charge in [-0.15, -0.1) is 0 Å². The first-order valence-corrected chi connectivity index (χ1v) is 4.64. The lowest BCUT2D eigenvalue weighted by molar-refractivity contribution is 0.217. The maximum absolute atomic E-state index is 12.7. The lowest BCUT2D eigenvalue weighted by Crippen LogP contribution is -2.39. The van der Waals surface area contributed by atoms with E-state index >= 15 is 0 Å². The van der Waals surface area contributed by atoms with Crippen molar-refractivity contribution in [3.8, 4) is 0 Å². The molecule has 2 rings (SSSR count). The summed E-state index contributed by atoms with van der Waals surface area (Å²) in [5.41, 5.74) is 0.870. The van der Waals surface area contributed by atoms with Crippen molar-refractivity contribution in [1.29, 1.82) is 0 Å². The van der Waals surface area contributed by atoms with Crippen LogP contribution in [0.5, 0.6) is 0 Å². The number of benzene rings is 1. The second-order valence-corrected chi connectivity index (χ2v) is 3.43. The van der Waals surface area contributed by atoms with Gasteiger partial charge in [0.1, 0.15) is 5.82 Å². The van der Waals surface area contributed by atoms with Gasteiger partial charge in [-0.1, -0.05) is 12.1 Å². The maximum atomic E-state index is 12.7. The summed E-state index contributed by atoms with van der Waals surface area (Å²) in [6, 6.07) is 5.76. The van der Waals surface area contributed by atoms with E-state index in [0.717, 1.165) is 5.56 Å². The lowest BCUT2D eigenvalue weighted by Gasteiger charge is -2.24. The number of amides is 2. The molecule has 0 aromatic heterocycles. The second-order valence-electron chi connectivity index (χ2n) is 3.43. The van der Waals surface area contributed by atoms with E-state index in [4.69, 9.17) is 0 Å². The lowest BCUT2D eigenvalue weighted by atomic mass is 10.1. The SMILES string of the molecule is CN1C=CC(c2ccc(F)cc2)NC1=O. The average Bonchev–Trinajstić information content (AvgIpc) is 2.23. The number of hydrogen-bond acceptors (Lipinski definition) is 1. The van der Waals surface area contributed by atoms with Gasteiger partial charge in [-0.25, -0.2) is 9.18 Å². The fraction of sp³-hybridized carbons (Fsp3) is 0.182. The molecule has 0 aliphatic carbocycles. The van der Waals surface area contributed by atoms with Gasteiger partial charge in [0.05, 0.1) is 6.04 Å². The molecule has 1 atom stereocenters. The van der Waals surface area contributed by atoms with Crippen LogP contribution in [-0.2, 0) is 0 Å². The van der Waals surface area contributed by atoms with Crippen molar-refractivity contribution in [2.75, 3.05) is 7.05 Å². The Labute approximate surface area is 87.2 Å². The highest BCUT2D eigenvalue weighted by molar-refractivity contribution is 5.77. The average molecular weight is 206 g/mol. The van der Waals surface area contributed by atoms with Crippen molar-refractivity contribution in [3.05, 3.63) is 47.9 Å². The standard InChI is InChI=1S/C11H11FN2O/c1-14-7-6-10(13-11(14)15)8-2-4-9(12)5-3-8/h2-7,10H,1H3,(H,13,15). The Kier molecular flexibility index (Phi) is 2.41. The van der Waals surface area contributed by atoms with Gasteiger partial charge < -0.3 is 10.2 Å². The molecule has 3 nitrogen and oxygen atoms in total. The molecule has 1 N–H and O–H groups in total. The number of hydrogen-bond donors (Lipinski definition) is 1. The smallest absolute Gasteiger partial charge is 0.321 e. The van der Waals surface area contributed by atoms with E-state index in [1.165, 1.54) is 17.0 Å². The summed E-state index contributed by atoms with van der Waals surface area (Å²) in [7, 11) is 1.67. The van der Waals surface area contributed by atoms with Crippen molar-refractivity contribution in [3.63, 3.8) is 0 Å². The number of carbonyl (C=O) groups is 1. The van der Waals surface area contributed by atoms with Crippen molar-refractivity contribution >= 4 is 6.03 Å². The minimum atomic E-state index is -0.276. The quantitative estimate of drug-likeness (QED) is 0.749. The minimum Gasteiger partial charge on any atom is -0.327 e. The highest BCUT2D eigenvalue weighted by atomic mass is 19.1. The van der Waals surface area contributed by atoms with Crippen LogP contribution >= 0.6 is 0 Å². The molecule has 1 aliphatic rings. The van der Waals surface area contributed by atoms with E-state index in [0.29, 0.717) is 0 Å². The third-order valence-electron chi connectivity index (χ3n) is 2.33. The molecule has 0 bridgehead atoms. The Bertz CT molecular complexity index is 400. The van der Waals surface area contributed by atoms with Gasteiger partial charge in [0.25, 0.3) is 0 Å². The summed E-state index contributed by atoms with van der Waals surface area (Å²) < 4.78 is 12.7. The molecule has 0 saturated heterocycles. The summed E-state index contributed by atoms with van der Waals surface area (Å²) in [6.45, 7) is 0. The largest absolute Gasteiger partial charge is 0.327 e. The first-order valence-electron chi connectivity index (χ1n) is 4.64. The summed E-state index contributed by atoms with van der Waals surface area (Å²) >= 11 is 0. The predicted octanol–water partition coefficient (Wildman–Crippen LogP) is 2.04. The number of nitrogens with one attached hydrogen (secondary N) is 1. The molecule has 1 aromatic rings. The molecule has 1 heterocycles. The van der Waals surface area contributed by atoms with E-state index in [2.05, 4.69) is 5.32 Å². The maximum Gasteiger partial charge on any atom is 0.321 e. The van der Waals surface area contributed by atoms with Gasteiger partial charge in [0, 0.05) is 13.2 Å². The predicted molar refractivity (Wildman–Crippen MR) is 54.6 cm³/mol. The van der Waals surface area contributed by atoms with Crippen LogP contribution in [0.4, 0.5) is 9.18 Å². The highest BCUT2D eigenvalue weighted by Crippen LogP contribution is 2.18. The molecule has 4 heteroatoms. The summed E-state index contributed by atoms with van der Waals surface area (Å²) in [6.07, 6.45) is 3.56. The third-order valence-corrected chi connectivity index (χ3v) is 2.33. The molecule has 1 unspecified atom stereocenters. The van der Waals surface area contributed by atoms with E-state index in [9.17, 15) is 9.18 Å². The Morgan fingerprint density at radius 3 is 2.60 bits per heavy atom. The Hall–Kier alpha value is -1.84. The summed E-state index contributed by atoms with van der Waals surface area (Å²) in [5, 5.41) is 2.78. The molecular weight excluding hydrogens is 195 g/mol. The van der Waals surface area contributed by atoms with Crippen LogP contribution in [0.15, 0.2) is 36.5 Å². The van der Waals surface area contributed by atoms with Gasteiger partial charge >= 0.3 is 6.03 Å². The zero-order chi connectivity index (χ0) is 10.8. The zero-order valence-electron chi connectivity index (χ0n) is 8.27. The normalized spacial score (nSPS) is 20.3. The van der Waals surface area contributed by atoms with Crippen molar-refractivity contribution < 1.29 is 9.18 Å². The van der Waals surface area contributed by atoms with Crippen LogP contribution in [-0.4, -0.2) is 18.0 Å². The molecule has 78 valence electrons. The van der Waals surface area contributed by atoms with E-state index in [1.54, 1.807) is 25.4 Å². The number of rotatable bonds is 1. The van der Waals surface area contributed by atoms with Gasteiger partial charge in [-0.2, -0.15) is 0 Å². The number of nitrogens with zero attached hydrogens (tertiary/aromatic N) is 1. The van der Waals surface area contributed by atoms with Gasteiger partial charge in [0.2, 0.25) is 0 Å². The first-order chi connectivity index (χ1) is 7.16. The van der Waals surface area contributed by atoms with Crippen molar-refractivity contribution in [2.24, 2.45) is 0 Å². The number of carbonyl (C=O) groups excluding carboxylic acids is 1. The number of urea groups is 1. The van der Waals surface area contributed by atoms with Gasteiger partial charge in [-0.3, -0.25) is 0 Å². The van der Waals surface area contributed by atoms with Gasteiger partial charge in [-0.05, 0) is 23.8 Å². The molecule has 2 amide bonds. The molecule has 1 aliphatic heterocycles. The topological polar surface area (TPSA) is 32.3 Å². The fourth-order valence-electron chi connectivity index (χ4n) is 1.43. The van der Waals surface area contributed by atoms with Crippen LogP contribution in [0.3, 0.4) is 0 Å². The third kappa shape index (κ3) is 1.98. The molecule has 0 spiro atoms. The van der Waals surface area contributed by atoms with Crippen LogP contribution in [0.1, 0.15) is 11.6 Å². The van der Waals surface area contributed by atoms with Crippen LogP contribution in [0, 0.1) is 5.82 Å². The molecule has 0 fully saturated rings.